The van der Waals surface area contributed by atoms with E-state index in [2.05, 4.69) is 42.3 Å². The second kappa shape index (κ2) is 4.11. The minimum atomic E-state index is 0.276. The van der Waals surface area contributed by atoms with E-state index in [0.29, 0.717) is 4.75 Å². The third-order valence-electron chi connectivity index (χ3n) is 2.83. The summed E-state index contributed by atoms with van der Waals surface area (Å²) in [5.41, 5.74) is 1.76. The van der Waals surface area contributed by atoms with Crippen LogP contribution < -0.4 is 4.72 Å². The Bertz CT molecular complexity index is 307. The molecule has 0 bridgehead atoms. The van der Waals surface area contributed by atoms with E-state index in [1.54, 1.807) is 11.3 Å². The molecule has 1 N–H and O–H groups in total. The van der Waals surface area contributed by atoms with Gasteiger partial charge in [-0.15, -0.1) is 0 Å². The maximum absolute atomic E-state index is 3.70. The Hall–Kier alpha value is 0.01000. The van der Waals surface area contributed by atoms with Crippen LogP contribution in [0.5, 0.6) is 0 Å². The summed E-state index contributed by atoms with van der Waals surface area (Å²) in [6.07, 6.45) is 3.92. The number of hydrogen-bond donors (Lipinski definition) is 1. The molecule has 0 radical (unpaired) electrons. The SMILES string of the molecule is CC(C)(C)SNC1(c2ccsc2)CCC1. The molecule has 1 aromatic rings. The Morgan fingerprint density at radius 3 is 2.53 bits per heavy atom. The van der Waals surface area contributed by atoms with Crippen molar-refractivity contribution < 1.29 is 0 Å². The van der Waals surface area contributed by atoms with Gasteiger partial charge in [-0.2, -0.15) is 11.3 Å². The fourth-order valence-corrected chi connectivity index (χ4v) is 3.35. The van der Waals surface area contributed by atoms with E-state index in [1.807, 2.05) is 11.9 Å². The first-order valence-corrected chi connectivity index (χ1v) is 7.26. The lowest BCUT2D eigenvalue weighted by Gasteiger charge is -2.43. The van der Waals surface area contributed by atoms with Crippen molar-refractivity contribution in [2.24, 2.45) is 0 Å². The van der Waals surface area contributed by atoms with E-state index >= 15 is 0 Å². The van der Waals surface area contributed by atoms with Gasteiger partial charge in [0.2, 0.25) is 0 Å². The minimum absolute atomic E-state index is 0.276. The lowest BCUT2D eigenvalue weighted by atomic mass is 9.74. The number of thiophene rings is 1. The Morgan fingerprint density at radius 2 is 2.13 bits per heavy atom. The second-order valence-electron chi connectivity index (χ2n) is 5.26. The molecule has 1 aliphatic rings. The van der Waals surface area contributed by atoms with Crippen LogP contribution in [0, 0.1) is 0 Å². The van der Waals surface area contributed by atoms with Crippen molar-refractivity contribution in [3.63, 3.8) is 0 Å². The molecule has 1 aromatic heterocycles. The van der Waals surface area contributed by atoms with Crippen LogP contribution in [0.1, 0.15) is 45.6 Å². The van der Waals surface area contributed by atoms with Crippen LogP contribution in [0.3, 0.4) is 0 Å². The topological polar surface area (TPSA) is 12.0 Å². The fraction of sp³-hybridized carbons (Fsp3) is 0.667. The summed E-state index contributed by atoms with van der Waals surface area (Å²) < 4.78 is 3.99. The van der Waals surface area contributed by atoms with Crippen LogP contribution in [-0.4, -0.2) is 4.75 Å². The summed E-state index contributed by atoms with van der Waals surface area (Å²) in [5, 5.41) is 4.47. The van der Waals surface area contributed by atoms with Gasteiger partial charge >= 0.3 is 0 Å². The average molecular weight is 241 g/mol. The zero-order chi connectivity index (χ0) is 10.9. The van der Waals surface area contributed by atoms with Gasteiger partial charge in [0.05, 0.1) is 5.54 Å². The lowest BCUT2D eigenvalue weighted by Crippen LogP contribution is -2.45. The predicted octanol–water partition coefficient (Wildman–Crippen LogP) is 4.16. The first kappa shape index (κ1) is 11.5. The monoisotopic (exact) mass is 241 g/mol. The van der Waals surface area contributed by atoms with Gasteiger partial charge < -0.3 is 0 Å². The van der Waals surface area contributed by atoms with E-state index in [-0.39, 0.29) is 5.54 Å². The highest BCUT2D eigenvalue weighted by atomic mass is 32.2. The quantitative estimate of drug-likeness (QED) is 0.797. The molecular formula is C12H19NS2. The van der Waals surface area contributed by atoms with Crippen molar-refractivity contribution in [2.45, 2.75) is 50.3 Å². The maximum Gasteiger partial charge on any atom is 0.0539 e. The molecule has 0 amide bonds. The van der Waals surface area contributed by atoms with Gasteiger partial charge in [-0.25, -0.2) is 0 Å². The van der Waals surface area contributed by atoms with Crippen molar-refractivity contribution in [3.8, 4) is 0 Å². The summed E-state index contributed by atoms with van der Waals surface area (Å²) in [4.78, 5) is 0. The molecule has 1 nitrogen and oxygen atoms in total. The first-order valence-electron chi connectivity index (χ1n) is 5.50. The van der Waals surface area contributed by atoms with Crippen LogP contribution >= 0.6 is 23.3 Å². The van der Waals surface area contributed by atoms with Crippen molar-refractivity contribution in [1.29, 1.82) is 0 Å². The van der Waals surface area contributed by atoms with Gasteiger partial charge in [0.1, 0.15) is 0 Å². The standard InChI is InChI=1S/C12H19NS2/c1-11(2,3)15-13-12(6-4-7-12)10-5-8-14-9-10/h5,8-9,13H,4,6-7H2,1-3H3. The molecule has 0 saturated heterocycles. The molecule has 0 aromatic carbocycles. The molecule has 1 fully saturated rings. The molecule has 1 aliphatic carbocycles. The number of hydrogen-bond acceptors (Lipinski definition) is 3. The summed E-state index contributed by atoms with van der Waals surface area (Å²) in [6.45, 7) is 6.76. The van der Waals surface area contributed by atoms with Gasteiger partial charge in [0.15, 0.2) is 0 Å². The third kappa shape index (κ3) is 2.58. The van der Waals surface area contributed by atoms with Crippen LogP contribution in [0.2, 0.25) is 0 Å². The van der Waals surface area contributed by atoms with Gasteiger partial charge in [0.25, 0.3) is 0 Å². The smallest absolute Gasteiger partial charge is 0.0539 e. The van der Waals surface area contributed by atoms with Crippen molar-refractivity contribution >= 4 is 23.3 Å². The highest BCUT2D eigenvalue weighted by Crippen LogP contribution is 2.44. The molecule has 1 heterocycles. The highest BCUT2D eigenvalue weighted by Gasteiger charge is 2.39. The molecule has 0 unspecified atom stereocenters. The Labute approximate surface area is 101 Å². The summed E-state index contributed by atoms with van der Waals surface area (Å²) >= 11 is 3.67. The van der Waals surface area contributed by atoms with Gasteiger partial charge in [0, 0.05) is 4.75 Å². The first-order chi connectivity index (χ1) is 7.02. The summed E-state index contributed by atoms with van der Waals surface area (Å²) in [5.74, 6) is 0. The largest absolute Gasteiger partial charge is 0.253 e. The van der Waals surface area contributed by atoms with Gasteiger partial charge in [-0.1, -0.05) is 11.9 Å². The van der Waals surface area contributed by atoms with E-state index in [0.717, 1.165) is 0 Å². The number of nitrogens with one attached hydrogen (secondary N) is 1. The number of rotatable bonds is 3. The van der Waals surface area contributed by atoms with Crippen LogP contribution in [0.25, 0.3) is 0 Å². The van der Waals surface area contributed by atoms with Gasteiger partial charge in [-0.3, -0.25) is 4.72 Å². The molecule has 84 valence electrons. The molecule has 3 heteroatoms. The van der Waals surface area contributed by atoms with Crippen molar-refractivity contribution in [3.05, 3.63) is 22.4 Å². The van der Waals surface area contributed by atoms with Crippen molar-refractivity contribution in [2.75, 3.05) is 0 Å². The zero-order valence-electron chi connectivity index (χ0n) is 9.67. The average Bonchev–Trinajstić information content (AvgIpc) is 2.53. The van der Waals surface area contributed by atoms with E-state index < -0.39 is 0 Å². The van der Waals surface area contributed by atoms with Crippen LogP contribution in [0.4, 0.5) is 0 Å². The van der Waals surface area contributed by atoms with E-state index in [9.17, 15) is 0 Å². The predicted molar refractivity (Wildman–Crippen MR) is 70.3 cm³/mol. The van der Waals surface area contributed by atoms with Gasteiger partial charge in [-0.05, 0) is 62.4 Å². The fourth-order valence-electron chi connectivity index (χ4n) is 1.77. The summed E-state index contributed by atoms with van der Waals surface area (Å²) in [6, 6.07) is 2.26. The zero-order valence-corrected chi connectivity index (χ0v) is 11.3. The van der Waals surface area contributed by atoms with E-state index in [4.69, 9.17) is 0 Å². The molecular weight excluding hydrogens is 222 g/mol. The lowest BCUT2D eigenvalue weighted by molar-refractivity contribution is 0.231. The van der Waals surface area contributed by atoms with Crippen LogP contribution in [-0.2, 0) is 5.54 Å². The minimum Gasteiger partial charge on any atom is -0.253 e. The second-order valence-corrected chi connectivity index (χ2v) is 7.68. The molecule has 1 saturated carbocycles. The van der Waals surface area contributed by atoms with Crippen LogP contribution in [0.15, 0.2) is 16.8 Å². The van der Waals surface area contributed by atoms with Crippen molar-refractivity contribution in [1.82, 2.24) is 4.72 Å². The maximum atomic E-state index is 3.70. The van der Waals surface area contributed by atoms with E-state index in [1.165, 1.54) is 24.8 Å². The Morgan fingerprint density at radius 1 is 1.40 bits per heavy atom. The highest BCUT2D eigenvalue weighted by molar-refractivity contribution is 7.98. The normalized spacial score (nSPS) is 19.9. The Kier molecular flexibility index (Phi) is 3.15. The molecule has 0 atom stereocenters. The molecule has 2 rings (SSSR count). The molecule has 15 heavy (non-hydrogen) atoms. The molecule has 0 aliphatic heterocycles. The molecule has 0 spiro atoms. The third-order valence-corrected chi connectivity index (χ3v) is 4.62. The Balaban J connectivity index is 2.04. The summed E-state index contributed by atoms with van der Waals surface area (Å²) in [7, 11) is 0.